The Hall–Kier alpha value is -3.06. The van der Waals surface area contributed by atoms with Crippen molar-refractivity contribution < 1.29 is 19.0 Å². The zero-order valence-corrected chi connectivity index (χ0v) is 17.7. The number of thiocarbonyl (C=S) groups is 1. The zero-order valence-electron chi connectivity index (χ0n) is 16.9. The summed E-state index contributed by atoms with van der Waals surface area (Å²) in [5.74, 6) is 1.82. The molecule has 0 bridgehead atoms. The van der Waals surface area contributed by atoms with Crippen molar-refractivity contribution in [2.24, 2.45) is 0 Å². The van der Waals surface area contributed by atoms with Gasteiger partial charge >= 0.3 is 0 Å². The first-order valence-corrected chi connectivity index (χ1v) is 9.67. The lowest BCUT2D eigenvalue weighted by Gasteiger charge is -2.13. The molecule has 154 valence electrons. The standard InChI is InChI=1S/C22H26N2O4S/c1-4-13-28-19-11-7-17(14-20(19)27-3)15-23-22(29)24-21(25)12-8-16-5-9-18(26-2)10-6-16/h5-12,14H,4,13,15H2,1-3H3,(H2,23,24,25,29)/b12-8+. The quantitative estimate of drug-likeness (QED) is 0.482. The summed E-state index contributed by atoms with van der Waals surface area (Å²) in [4.78, 5) is 12.0. The van der Waals surface area contributed by atoms with Gasteiger partial charge in [-0.1, -0.05) is 25.1 Å². The molecule has 0 heterocycles. The molecule has 0 saturated heterocycles. The molecular weight excluding hydrogens is 388 g/mol. The van der Waals surface area contributed by atoms with E-state index in [0.717, 1.165) is 23.3 Å². The van der Waals surface area contributed by atoms with E-state index in [1.807, 2.05) is 49.4 Å². The number of amides is 1. The third-order valence-corrected chi connectivity index (χ3v) is 4.17. The Balaban J connectivity index is 1.83. The molecule has 0 spiro atoms. The Labute approximate surface area is 176 Å². The normalized spacial score (nSPS) is 10.4. The molecule has 0 unspecified atom stereocenters. The van der Waals surface area contributed by atoms with Crippen molar-refractivity contribution >= 4 is 29.3 Å². The molecule has 1 amide bonds. The van der Waals surface area contributed by atoms with Gasteiger partial charge in [0, 0.05) is 12.6 Å². The van der Waals surface area contributed by atoms with Crippen molar-refractivity contribution in [1.82, 2.24) is 10.6 Å². The summed E-state index contributed by atoms with van der Waals surface area (Å²) >= 11 is 5.19. The van der Waals surface area contributed by atoms with E-state index in [1.165, 1.54) is 6.08 Å². The van der Waals surface area contributed by atoms with Crippen LogP contribution in [0.4, 0.5) is 0 Å². The Morgan fingerprint density at radius 1 is 1.07 bits per heavy atom. The fourth-order valence-corrected chi connectivity index (χ4v) is 2.59. The van der Waals surface area contributed by atoms with Crippen LogP contribution in [0.1, 0.15) is 24.5 Å². The van der Waals surface area contributed by atoms with Gasteiger partial charge in [0.1, 0.15) is 5.75 Å². The molecule has 2 aromatic carbocycles. The number of rotatable bonds is 9. The minimum absolute atomic E-state index is 0.250. The van der Waals surface area contributed by atoms with E-state index in [4.69, 9.17) is 26.4 Å². The molecular formula is C22H26N2O4S. The maximum absolute atomic E-state index is 12.0. The second kappa shape index (κ2) is 11.7. The number of hydrogen-bond acceptors (Lipinski definition) is 5. The van der Waals surface area contributed by atoms with Gasteiger partial charge in [0.05, 0.1) is 20.8 Å². The molecule has 0 aliphatic heterocycles. The van der Waals surface area contributed by atoms with E-state index in [9.17, 15) is 4.79 Å². The van der Waals surface area contributed by atoms with Gasteiger partial charge in [-0.05, 0) is 60.1 Å². The van der Waals surface area contributed by atoms with Gasteiger partial charge in [-0.3, -0.25) is 10.1 Å². The predicted octanol–water partition coefficient (Wildman–Crippen LogP) is 3.70. The Bertz CT molecular complexity index is 850. The molecule has 29 heavy (non-hydrogen) atoms. The first kappa shape index (κ1) is 22.2. The van der Waals surface area contributed by atoms with E-state index in [-0.39, 0.29) is 11.0 Å². The van der Waals surface area contributed by atoms with E-state index in [1.54, 1.807) is 20.3 Å². The highest BCUT2D eigenvalue weighted by atomic mass is 32.1. The monoisotopic (exact) mass is 414 g/mol. The van der Waals surface area contributed by atoms with Gasteiger partial charge in [-0.25, -0.2) is 0 Å². The summed E-state index contributed by atoms with van der Waals surface area (Å²) in [6.45, 7) is 3.13. The smallest absolute Gasteiger partial charge is 0.250 e. The summed E-state index contributed by atoms with van der Waals surface area (Å²) in [6.07, 6.45) is 4.06. The lowest BCUT2D eigenvalue weighted by Crippen LogP contribution is -2.37. The van der Waals surface area contributed by atoms with Crippen molar-refractivity contribution in [1.29, 1.82) is 0 Å². The molecule has 2 rings (SSSR count). The lowest BCUT2D eigenvalue weighted by molar-refractivity contribution is -0.115. The number of hydrogen-bond donors (Lipinski definition) is 2. The van der Waals surface area contributed by atoms with Crippen LogP contribution in [0.2, 0.25) is 0 Å². The summed E-state index contributed by atoms with van der Waals surface area (Å²) in [7, 11) is 3.21. The van der Waals surface area contributed by atoms with E-state index in [0.29, 0.717) is 24.7 Å². The van der Waals surface area contributed by atoms with Crippen LogP contribution in [0.5, 0.6) is 17.2 Å². The molecule has 0 atom stereocenters. The molecule has 0 aliphatic rings. The maximum Gasteiger partial charge on any atom is 0.250 e. The average Bonchev–Trinajstić information content (AvgIpc) is 2.75. The van der Waals surface area contributed by atoms with Gasteiger partial charge in [-0.15, -0.1) is 0 Å². The van der Waals surface area contributed by atoms with E-state index >= 15 is 0 Å². The Kier molecular flexibility index (Phi) is 8.98. The van der Waals surface area contributed by atoms with Crippen molar-refractivity contribution in [2.75, 3.05) is 20.8 Å². The predicted molar refractivity (Wildman–Crippen MR) is 118 cm³/mol. The van der Waals surface area contributed by atoms with E-state index in [2.05, 4.69) is 10.6 Å². The number of methoxy groups -OCH3 is 2. The molecule has 0 aliphatic carbocycles. The molecule has 0 fully saturated rings. The van der Waals surface area contributed by atoms with Gasteiger partial charge in [0.15, 0.2) is 16.6 Å². The minimum atomic E-state index is -0.306. The van der Waals surface area contributed by atoms with Crippen LogP contribution in [-0.2, 0) is 11.3 Å². The number of carbonyl (C=O) groups is 1. The van der Waals surface area contributed by atoms with Crippen molar-refractivity contribution in [3.63, 3.8) is 0 Å². The Morgan fingerprint density at radius 2 is 1.83 bits per heavy atom. The van der Waals surface area contributed by atoms with Crippen molar-refractivity contribution in [3.05, 3.63) is 59.7 Å². The van der Waals surface area contributed by atoms with Crippen molar-refractivity contribution in [2.45, 2.75) is 19.9 Å². The highest BCUT2D eigenvalue weighted by molar-refractivity contribution is 7.80. The average molecular weight is 415 g/mol. The highest BCUT2D eigenvalue weighted by Gasteiger charge is 2.07. The topological polar surface area (TPSA) is 68.8 Å². The third-order valence-electron chi connectivity index (χ3n) is 3.92. The minimum Gasteiger partial charge on any atom is -0.497 e. The number of benzene rings is 2. The third kappa shape index (κ3) is 7.46. The molecule has 6 nitrogen and oxygen atoms in total. The van der Waals surface area contributed by atoms with Crippen LogP contribution in [-0.4, -0.2) is 31.8 Å². The van der Waals surface area contributed by atoms with Crippen LogP contribution in [0, 0.1) is 0 Å². The van der Waals surface area contributed by atoms with Crippen LogP contribution in [0.25, 0.3) is 6.08 Å². The molecule has 2 N–H and O–H groups in total. The number of ether oxygens (including phenoxy) is 3. The number of carbonyl (C=O) groups excluding carboxylic acids is 1. The summed E-state index contributed by atoms with van der Waals surface area (Å²) < 4.78 is 16.1. The van der Waals surface area contributed by atoms with Crippen molar-refractivity contribution in [3.8, 4) is 17.2 Å². The summed E-state index contributed by atoms with van der Waals surface area (Å²) in [5, 5.41) is 5.88. The zero-order chi connectivity index (χ0) is 21.1. The lowest BCUT2D eigenvalue weighted by atomic mass is 10.2. The van der Waals surface area contributed by atoms with Gasteiger partial charge in [0.2, 0.25) is 5.91 Å². The molecule has 2 aromatic rings. The first-order valence-electron chi connectivity index (χ1n) is 9.26. The second-order valence-electron chi connectivity index (χ2n) is 6.11. The molecule has 0 aromatic heterocycles. The summed E-state index contributed by atoms with van der Waals surface area (Å²) in [6, 6.07) is 13.1. The fourth-order valence-electron chi connectivity index (χ4n) is 2.42. The molecule has 0 radical (unpaired) electrons. The first-order chi connectivity index (χ1) is 14.0. The Morgan fingerprint density at radius 3 is 2.48 bits per heavy atom. The maximum atomic E-state index is 12.0. The SMILES string of the molecule is CCCOc1ccc(CNC(=S)NC(=O)/C=C/c2ccc(OC)cc2)cc1OC. The molecule has 0 saturated carbocycles. The van der Waals surface area contributed by atoms with Gasteiger partial charge < -0.3 is 19.5 Å². The van der Waals surface area contributed by atoms with Crippen LogP contribution >= 0.6 is 12.2 Å². The van der Waals surface area contributed by atoms with E-state index < -0.39 is 0 Å². The summed E-state index contributed by atoms with van der Waals surface area (Å²) in [5.41, 5.74) is 1.84. The van der Waals surface area contributed by atoms with Gasteiger partial charge in [-0.2, -0.15) is 0 Å². The fraction of sp³-hybridized carbons (Fsp3) is 0.273. The van der Waals surface area contributed by atoms with Crippen LogP contribution in [0.3, 0.4) is 0 Å². The van der Waals surface area contributed by atoms with Crippen LogP contribution in [0.15, 0.2) is 48.5 Å². The van der Waals surface area contributed by atoms with Crippen LogP contribution < -0.4 is 24.8 Å². The largest absolute Gasteiger partial charge is 0.497 e. The molecule has 7 heteroatoms. The highest BCUT2D eigenvalue weighted by Crippen LogP contribution is 2.28. The second-order valence-corrected chi connectivity index (χ2v) is 6.52. The number of nitrogens with one attached hydrogen (secondary N) is 2. The van der Waals surface area contributed by atoms with Gasteiger partial charge in [0.25, 0.3) is 0 Å².